The number of nitrogens with zero attached hydrogens (tertiary/aromatic N) is 1. The van der Waals surface area contributed by atoms with Gasteiger partial charge in [-0.1, -0.05) is 0 Å². The van der Waals surface area contributed by atoms with E-state index >= 15 is 0 Å². The lowest BCUT2D eigenvalue weighted by molar-refractivity contribution is -0.384. The van der Waals surface area contributed by atoms with E-state index in [1.807, 2.05) is 0 Å². The number of primary sulfonamides is 1. The Morgan fingerprint density at radius 2 is 2.10 bits per heavy atom. The van der Waals surface area contributed by atoms with Crippen LogP contribution in [0.3, 0.4) is 0 Å². The van der Waals surface area contributed by atoms with Crippen molar-refractivity contribution in [1.29, 1.82) is 0 Å². The van der Waals surface area contributed by atoms with Gasteiger partial charge in [0.05, 0.1) is 10.7 Å². The lowest BCUT2D eigenvalue weighted by Crippen LogP contribution is -2.23. The summed E-state index contributed by atoms with van der Waals surface area (Å²) in [5.41, 5.74) is 0.0167. The molecule has 10 heteroatoms. The Bertz CT molecular complexity index is 629. The van der Waals surface area contributed by atoms with E-state index in [1.165, 1.54) is 25.2 Å². The Balaban J connectivity index is 3.00. The smallest absolute Gasteiger partial charge is 0.292 e. The van der Waals surface area contributed by atoms with E-state index in [2.05, 4.69) is 10.6 Å². The van der Waals surface area contributed by atoms with E-state index < -0.39 is 20.9 Å². The number of carbonyl (C=O) groups excluding carboxylic acids is 1. The van der Waals surface area contributed by atoms with Crippen molar-refractivity contribution in [3.63, 3.8) is 0 Å². The zero-order valence-electron chi connectivity index (χ0n) is 10.6. The van der Waals surface area contributed by atoms with Crippen LogP contribution in [-0.4, -0.2) is 38.6 Å². The quantitative estimate of drug-likeness (QED) is 0.484. The Labute approximate surface area is 115 Å². The fraction of sp³-hybridized carbons (Fsp3) is 0.300. The van der Waals surface area contributed by atoms with Gasteiger partial charge in [-0.25, -0.2) is 13.6 Å². The molecule has 1 amide bonds. The van der Waals surface area contributed by atoms with Gasteiger partial charge in [-0.15, -0.1) is 0 Å². The highest BCUT2D eigenvalue weighted by Crippen LogP contribution is 2.25. The molecular weight excluding hydrogens is 288 g/mol. The van der Waals surface area contributed by atoms with Gasteiger partial charge < -0.3 is 10.6 Å². The van der Waals surface area contributed by atoms with Crippen LogP contribution in [0.5, 0.6) is 0 Å². The number of benzene rings is 1. The van der Waals surface area contributed by atoms with Gasteiger partial charge in [-0.05, 0) is 12.1 Å². The molecule has 0 heterocycles. The maximum Gasteiger partial charge on any atom is 0.292 e. The van der Waals surface area contributed by atoms with Gasteiger partial charge in [-0.2, -0.15) is 0 Å². The third kappa shape index (κ3) is 4.48. The van der Waals surface area contributed by atoms with E-state index in [4.69, 9.17) is 5.14 Å². The zero-order chi connectivity index (χ0) is 15.3. The molecule has 0 atom stereocenters. The number of rotatable bonds is 6. The van der Waals surface area contributed by atoms with Crippen LogP contribution in [0.25, 0.3) is 0 Å². The molecule has 20 heavy (non-hydrogen) atoms. The summed E-state index contributed by atoms with van der Waals surface area (Å²) in [5.74, 6) is -0.789. The fourth-order valence-corrected chi connectivity index (χ4v) is 1.84. The van der Waals surface area contributed by atoms with Crippen molar-refractivity contribution >= 4 is 27.3 Å². The Morgan fingerprint density at radius 3 is 2.60 bits per heavy atom. The third-order valence-electron chi connectivity index (χ3n) is 2.38. The molecule has 9 nitrogen and oxygen atoms in total. The molecule has 0 unspecified atom stereocenters. The van der Waals surface area contributed by atoms with Crippen molar-refractivity contribution in [1.82, 2.24) is 5.32 Å². The molecule has 1 aromatic carbocycles. The van der Waals surface area contributed by atoms with Gasteiger partial charge in [0.2, 0.25) is 10.0 Å². The lowest BCUT2D eigenvalue weighted by Gasteiger charge is -2.08. The van der Waals surface area contributed by atoms with Crippen molar-refractivity contribution in [2.45, 2.75) is 0 Å². The molecule has 0 aromatic heterocycles. The molecule has 0 saturated carbocycles. The van der Waals surface area contributed by atoms with E-state index in [-0.39, 0.29) is 29.2 Å². The molecule has 1 rings (SSSR count). The Hall–Kier alpha value is -2.20. The summed E-state index contributed by atoms with van der Waals surface area (Å²) in [4.78, 5) is 21.7. The first kappa shape index (κ1) is 15.9. The lowest BCUT2D eigenvalue weighted by atomic mass is 10.1. The molecule has 0 aliphatic rings. The average molecular weight is 302 g/mol. The van der Waals surface area contributed by atoms with Gasteiger partial charge in [0.15, 0.2) is 0 Å². The molecular formula is C10H14N4O5S. The predicted octanol–water partition coefficient (Wildman–Crippen LogP) is -0.345. The van der Waals surface area contributed by atoms with Crippen molar-refractivity contribution in [3.05, 3.63) is 33.9 Å². The molecule has 0 fully saturated rings. The van der Waals surface area contributed by atoms with Crippen LogP contribution < -0.4 is 15.8 Å². The second-order valence-electron chi connectivity index (χ2n) is 3.86. The summed E-state index contributed by atoms with van der Waals surface area (Å²) in [6.45, 7) is -0.100. The van der Waals surface area contributed by atoms with Gasteiger partial charge in [0.1, 0.15) is 5.69 Å². The number of hydrogen-bond acceptors (Lipinski definition) is 6. The second kappa shape index (κ2) is 6.30. The maximum absolute atomic E-state index is 11.5. The van der Waals surface area contributed by atoms with Gasteiger partial charge in [0.25, 0.3) is 11.6 Å². The topological polar surface area (TPSA) is 144 Å². The zero-order valence-corrected chi connectivity index (χ0v) is 11.4. The highest BCUT2D eigenvalue weighted by atomic mass is 32.2. The standard InChI is InChI=1S/C10H14N4O5S/c1-12-10(15)7-2-3-9(14(16)17)8(6-7)13-4-5-20(11,18)19/h2-3,6,13H,4-5H2,1H3,(H,12,15)(H2,11,18,19). The van der Waals surface area contributed by atoms with Crippen molar-refractivity contribution in [2.24, 2.45) is 5.14 Å². The first-order valence-electron chi connectivity index (χ1n) is 5.49. The molecule has 0 aliphatic heterocycles. The summed E-state index contributed by atoms with van der Waals surface area (Å²) in [6.07, 6.45) is 0. The minimum Gasteiger partial charge on any atom is -0.378 e. The first-order valence-corrected chi connectivity index (χ1v) is 7.21. The van der Waals surface area contributed by atoms with Crippen LogP contribution in [0.15, 0.2) is 18.2 Å². The number of nitro benzene ring substituents is 1. The first-order chi connectivity index (χ1) is 9.24. The molecule has 0 radical (unpaired) electrons. The maximum atomic E-state index is 11.5. The number of amides is 1. The van der Waals surface area contributed by atoms with E-state index in [9.17, 15) is 23.3 Å². The summed E-state index contributed by atoms with van der Waals surface area (Å²) in [5, 5.41) is 20.7. The minimum atomic E-state index is -3.67. The number of sulfonamides is 1. The number of nitrogens with one attached hydrogen (secondary N) is 2. The third-order valence-corrected chi connectivity index (χ3v) is 3.16. The normalized spacial score (nSPS) is 10.9. The monoisotopic (exact) mass is 302 g/mol. The Kier molecular flexibility index (Phi) is 5.00. The number of anilines is 1. The number of hydrogen-bond donors (Lipinski definition) is 3. The summed E-state index contributed by atoms with van der Waals surface area (Å²) in [6, 6.07) is 3.76. The summed E-state index contributed by atoms with van der Waals surface area (Å²) >= 11 is 0. The van der Waals surface area contributed by atoms with Gasteiger partial charge in [0, 0.05) is 25.2 Å². The van der Waals surface area contributed by atoms with Crippen LogP contribution in [0.4, 0.5) is 11.4 Å². The van der Waals surface area contributed by atoms with Crippen LogP contribution in [0, 0.1) is 10.1 Å². The number of nitro groups is 1. The molecule has 0 aliphatic carbocycles. The number of carbonyl (C=O) groups is 1. The van der Waals surface area contributed by atoms with Gasteiger partial charge >= 0.3 is 0 Å². The Morgan fingerprint density at radius 1 is 1.45 bits per heavy atom. The SMILES string of the molecule is CNC(=O)c1ccc([N+](=O)[O-])c(NCCS(N)(=O)=O)c1. The van der Waals surface area contributed by atoms with Gasteiger partial charge in [-0.3, -0.25) is 14.9 Å². The van der Waals surface area contributed by atoms with Crippen molar-refractivity contribution in [3.8, 4) is 0 Å². The van der Waals surface area contributed by atoms with Crippen LogP contribution in [0.1, 0.15) is 10.4 Å². The van der Waals surface area contributed by atoms with E-state index in [0.717, 1.165) is 0 Å². The highest BCUT2D eigenvalue weighted by Gasteiger charge is 2.16. The van der Waals surface area contributed by atoms with Crippen LogP contribution in [-0.2, 0) is 10.0 Å². The average Bonchev–Trinajstić information content (AvgIpc) is 2.35. The number of nitrogens with two attached hydrogens (primary N) is 1. The van der Waals surface area contributed by atoms with Crippen LogP contribution >= 0.6 is 0 Å². The molecule has 0 saturated heterocycles. The minimum absolute atomic E-state index is 0.0553. The van der Waals surface area contributed by atoms with Crippen molar-refractivity contribution in [2.75, 3.05) is 24.7 Å². The molecule has 1 aromatic rings. The molecule has 0 spiro atoms. The highest BCUT2D eigenvalue weighted by molar-refractivity contribution is 7.89. The predicted molar refractivity (Wildman–Crippen MR) is 73.0 cm³/mol. The van der Waals surface area contributed by atoms with E-state index in [1.54, 1.807) is 0 Å². The second-order valence-corrected chi connectivity index (χ2v) is 5.60. The molecule has 0 bridgehead atoms. The summed E-state index contributed by atoms with van der Waals surface area (Å²) < 4.78 is 21.6. The van der Waals surface area contributed by atoms with Crippen molar-refractivity contribution < 1.29 is 18.1 Å². The van der Waals surface area contributed by atoms with Crippen LogP contribution in [0.2, 0.25) is 0 Å². The fourth-order valence-electron chi connectivity index (χ4n) is 1.45. The largest absolute Gasteiger partial charge is 0.378 e. The van der Waals surface area contributed by atoms with E-state index in [0.29, 0.717) is 0 Å². The summed E-state index contributed by atoms with van der Waals surface area (Å²) in [7, 11) is -2.24. The molecule has 110 valence electrons. The molecule has 4 N–H and O–H groups in total.